The lowest BCUT2D eigenvalue weighted by Crippen LogP contribution is -2.25. The van der Waals surface area contributed by atoms with Crippen molar-refractivity contribution in [3.8, 4) is 0 Å². The SMILES string of the molecule is Cc1ccc([SiH2]CCCNC(=O)c2ccccc2)cc1. The lowest BCUT2D eigenvalue weighted by Gasteiger charge is -2.05. The molecule has 1 amide bonds. The Hall–Kier alpha value is -1.87. The highest BCUT2D eigenvalue weighted by molar-refractivity contribution is 6.53. The zero-order chi connectivity index (χ0) is 14.2. The van der Waals surface area contributed by atoms with E-state index in [4.69, 9.17) is 0 Å². The number of amides is 1. The van der Waals surface area contributed by atoms with Crippen molar-refractivity contribution in [1.82, 2.24) is 5.32 Å². The summed E-state index contributed by atoms with van der Waals surface area (Å²) in [6.07, 6.45) is 1.07. The Morgan fingerprint density at radius 1 is 1.05 bits per heavy atom. The van der Waals surface area contributed by atoms with E-state index in [0.29, 0.717) is 0 Å². The second-order valence-electron chi connectivity index (χ2n) is 5.06. The Balaban J connectivity index is 1.64. The van der Waals surface area contributed by atoms with E-state index in [9.17, 15) is 4.79 Å². The fraction of sp³-hybridized carbons (Fsp3) is 0.235. The van der Waals surface area contributed by atoms with E-state index < -0.39 is 0 Å². The van der Waals surface area contributed by atoms with Gasteiger partial charge in [0.05, 0.1) is 9.52 Å². The average molecular weight is 283 g/mol. The van der Waals surface area contributed by atoms with Crippen LogP contribution in [-0.4, -0.2) is 22.0 Å². The minimum absolute atomic E-state index is 0.0302. The summed E-state index contributed by atoms with van der Waals surface area (Å²) < 4.78 is 0. The van der Waals surface area contributed by atoms with Gasteiger partial charge in [-0.15, -0.1) is 0 Å². The predicted octanol–water partition coefficient (Wildman–Crippen LogP) is 2.03. The summed E-state index contributed by atoms with van der Waals surface area (Å²) in [5, 5.41) is 4.48. The third-order valence-electron chi connectivity index (χ3n) is 3.33. The minimum atomic E-state index is -0.186. The van der Waals surface area contributed by atoms with E-state index in [-0.39, 0.29) is 15.4 Å². The molecule has 0 aromatic heterocycles. The quantitative estimate of drug-likeness (QED) is 0.638. The highest BCUT2D eigenvalue weighted by atomic mass is 28.2. The first-order valence-corrected chi connectivity index (χ1v) is 8.85. The number of hydrogen-bond acceptors (Lipinski definition) is 1. The van der Waals surface area contributed by atoms with E-state index in [1.165, 1.54) is 16.8 Å². The van der Waals surface area contributed by atoms with Crippen LogP contribution >= 0.6 is 0 Å². The molecule has 0 bridgehead atoms. The van der Waals surface area contributed by atoms with Crippen LogP contribution in [-0.2, 0) is 0 Å². The molecule has 104 valence electrons. The van der Waals surface area contributed by atoms with Crippen LogP contribution in [0.3, 0.4) is 0 Å². The van der Waals surface area contributed by atoms with Gasteiger partial charge >= 0.3 is 0 Å². The summed E-state index contributed by atoms with van der Waals surface area (Å²) >= 11 is 0. The maximum Gasteiger partial charge on any atom is 0.251 e. The van der Waals surface area contributed by atoms with Crippen molar-refractivity contribution in [3.05, 3.63) is 65.7 Å². The Kier molecular flexibility index (Phi) is 5.56. The first-order valence-electron chi connectivity index (χ1n) is 7.14. The molecular formula is C17H21NOSi. The zero-order valence-electron chi connectivity index (χ0n) is 11.9. The Bertz CT molecular complexity index is 537. The number of aryl methyl sites for hydroxylation is 1. The third kappa shape index (κ3) is 4.66. The summed E-state index contributed by atoms with van der Waals surface area (Å²) in [7, 11) is -0.186. The second-order valence-corrected chi connectivity index (χ2v) is 7.09. The minimum Gasteiger partial charge on any atom is -0.352 e. The van der Waals surface area contributed by atoms with Crippen LogP contribution < -0.4 is 10.5 Å². The molecule has 0 heterocycles. The fourth-order valence-corrected chi connectivity index (χ4v) is 3.58. The van der Waals surface area contributed by atoms with Crippen molar-refractivity contribution in [2.45, 2.75) is 19.4 Å². The normalized spacial score (nSPS) is 10.8. The molecule has 0 unspecified atom stereocenters. The van der Waals surface area contributed by atoms with Gasteiger partial charge in [0, 0.05) is 12.1 Å². The van der Waals surface area contributed by atoms with Crippen LogP contribution in [0.15, 0.2) is 54.6 Å². The predicted molar refractivity (Wildman–Crippen MR) is 87.6 cm³/mol. The molecule has 2 aromatic carbocycles. The molecule has 1 N–H and O–H groups in total. The summed E-state index contributed by atoms with van der Waals surface area (Å²) in [6, 6.07) is 19.5. The van der Waals surface area contributed by atoms with Gasteiger partial charge in [-0.1, -0.05) is 59.3 Å². The Morgan fingerprint density at radius 3 is 2.45 bits per heavy atom. The molecule has 0 fully saturated rings. The number of carbonyl (C=O) groups excluding carboxylic acids is 1. The van der Waals surface area contributed by atoms with Gasteiger partial charge in [0.15, 0.2) is 0 Å². The zero-order valence-corrected chi connectivity index (χ0v) is 13.3. The van der Waals surface area contributed by atoms with Crippen molar-refractivity contribution in [1.29, 1.82) is 0 Å². The van der Waals surface area contributed by atoms with Gasteiger partial charge in [-0.05, 0) is 25.5 Å². The highest BCUT2D eigenvalue weighted by Gasteiger charge is 2.02. The van der Waals surface area contributed by atoms with Gasteiger partial charge in [0.1, 0.15) is 0 Å². The summed E-state index contributed by atoms with van der Waals surface area (Å²) in [4.78, 5) is 11.8. The van der Waals surface area contributed by atoms with Gasteiger partial charge in [-0.25, -0.2) is 0 Å². The van der Waals surface area contributed by atoms with Gasteiger partial charge in [-0.3, -0.25) is 4.79 Å². The molecule has 0 aliphatic rings. The number of rotatable bonds is 6. The van der Waals surface area contributed by atoms with Crippen LogP contribution in [0.1, 0.15) is 22.3 Å². The molecule has 0 spiro atoms. The Morgan fingerprint density at radius 2 is 1.75 bits per heavy atom. The molecule has 0 aliphatic heterocycles. The number of carbonyl (C=O) groups is 1. The van der Waals surface area contributed by atoms with Crippen molar-refractivity contribution in [2.75, 3.05) is 6.54 Å². The van der Waals surface area contributed by atoms with Gasteiger partial charge in [0.2, 0.25) is 0 Å². The molecular weight excluding hydrogens is 262 g/mol. The summed E-state index contributed by atoms with van der Waals surface area (Å²) in [5.74, 6) is 0.0302. The van der Waals surface area contributed by atoms with E-state index in [1.807, 2.05) is 30.3 Å². The number of benzene rings is 2. The van der Waals surface area contributed by atoms with Crippen molar-refractivity contribution in [3.63, 3.8) is 0 Å². The maximum atomic E-state index is 11.8. The lowest BCUT2D eigenvalue weighted by atomic mass is 10.2. The van der Waals surface area contributed by atoms with E-state index in [1.54, 1.807) is 0 Å². The fourth-order valence-electron chi connectivity index (χ4n) is 2.10. The molecule has 0 atom stereocenters. The smallest absolute Gasteiger partial charge is 0.251 e. The summed E-state index contributed by atoms with van der Waals surface area (Å²) in [6.45, 7) is 2.89. The first kappa shape index (κ1) is 14.5. The average Bonchev–Trinajstić information content (AvgIpc) is 2.49. The largest absolute Gasteiger partial charge is 0.352 e. The second kappa shape index (κ2) is 7.65. The number of hydrogen-bond donors (Lipinski definition) is 1. The van der Waals surface area contributed by atoms with Crippen molar-refractivity contribution >= 4 is 20.6 Å². The van der Waals surface area contributed by atoms with Crippen LogP contribution in [0.2, 0.25) is 6.04 Å². The molecule has 2 nitrogen and oxygen atoms in total. The summed E-state index contributed by atoms with van der Waals surface area (Å²) in [5.41, 5.74) is 2.06. The third-order valence-corrected chi connectivity index (χ3v) is 5.24. The standard InChI is InChI=1S/C17H21NOSi/c1-14-8-10-16(11-9-14)20-13-5-12-18-17(19)15-6-3-2-4-7-15/h2-4,6-11H,5,12-13,20H2,1H3,(H,18,19). The molecule has 20 heavy (non-hydrogen) atoms. The molecule has 3 heteroatoms. The first-order chi connectivity index (χ1) is 9.75. The monoisotopic (exact) mass is 283 g/mol. The van der Waals surface area contributed by atoms with Crippen molar-refractivity contribution in [2.24, 2.45) is 0 Å². The topological polar surface area (TPSA) is 29.1 Å². The molecule has 0 saturated carbocycles. The Labute approximate surface area is 123 Å². The van der Waals surface area contributed by atoms with Crippen molar-refractivity contribution < 1.29 is 4.79 Å². The van der Waals surface area contributed by atoms with Gasteiger partial charge < -0.3 is 5.32 Å². The van der Waals surface area contributed by atoms with E-state index in [0.717, 1.165) is 18.5 Å². The van der Waals surface area contributed by atoms with Gasteiger partial charge in [-0.2, -0.15) is 0 Å². The molecule has 0 radical (unpaired) electrons. The van der Waals surface area contributed by atoms with Crippen LogP contribution in [0.5, 0.6) is 0 Å². The van der Waals surface area contributed by atoms with E-state index in [2.05, 4.69) is 36.5 Å². The van der Waals surface area contributed by atoms with Gasteiger partial charge in [0.25, 0.3) is 5.91 Å². The number of nitrogens with one attached hydrogen (secondary N) is 1. The van der Waals surface area contributed by atoms with Crippen LogP contribution in [0, 0.1) is 6.92 Å². The molecule has 0 saturated heterocycles. The van der Waals surface area contributed by atoms with E-state index >= 15 is 0 Å². The van der Waals surface area contributed by atoms with Crippen LogP contribution in [0.4, 0.5) is 0 Å². The molecule has 2 rings (SSSR count). The molecule has 2 aromatic rings. The maximum absolute atomic E-state index is 11.8. The highest BCUT2D eigenvalue weighted by Crippen LogP contribution is 1.98. The van der Waals surface area contributed by atoms with Crippen LogP contribution in [0.25, 0.3) is 0 Å². The molecule has 0 aliphatic carbocycles. The lowest BCUT2D eigenvalue weighted by molar-refractivity contribution is 0.0953.